The zero-order valence-electron chi connectivity index (χ0n) is 14.1. The summed E-state index contributed by atoms with van der Waals surface area (Å²) in [5, 5.41) is 0. The number of ether oxygens (including phenoxy) is 2. The first-order chi connectivity index (χ1) is 13.8. The van der Waals surface area contributed by atoms with E-state index < -0.39 is 58.6 Å². The molecule has 0 fully saturated rings. The molecule has 0 radical (unpaired) electrons. The van der Waals surface area contributed by atoms with Crippen LogP contribution in [-0.4, -0.2) is 11.9 Å². The van der Waals surface area contributed by atoms with E-state index in [4.69, 9.17) is 0 Å². The van der Waals surface area contributed by atoms with E-state index >= 15 is 0 Å². The Morgan fingerprint density at radius 2 is 1.00 bits per heavy atom. The fourth-order valence-electron chi connectivity index (χ4n) is 1.94. The largest absolute Gasteiger partial charge is 0.419 e. The normalized spacial score (nSPS) is 11.3. The summed E-state index contributed by atoms with van der Waals surface area (Å²) in [5.41, 5.74) is -3.42. The van der Waals surface area contributed by atoms with Crippen LogP contribution in [0.3, 0.4) is 0 Å². The highest BCUT2D eigenvalue weighted by molar-refractivity contribution is 5.99. The Labute approximate surface area is 162 Å². The summed E-state index contributed by atoms with van der Waals surface area (Å²) in [4.78, 5) is 22.9. The number of esters is 2. The monoisotopic (exact) mass is 438 g/mol. The van der Waals surface area contributed by atoms with E-state index in [0.717, 1.165) is 0 Å². The number of carbonyl (C=O) groups excluding carboxylic acids is 2. The third-order valence-electron chi connectivity index (χ3n) is 3.17. The number of hydrogen-bond acceptors (Lipinski definition) is 4. The van der Waals surface area contributed by atoms with Gasteiger partial charge in [0.2, 0.25) is 0 Å². The minimum absolute atomic E-state index is 0.185. The summed E-state index contributed by atoms with van der Waals surface area (Å²) < 4.78 is 111. The van der Waals surface area contributed by atoms with Gasteiger partial charge in [-0.05, 0) is 36.4 Å². The van der Waals surface area contributed by atoms with Crippen LogP contribution in [0.15, 0.2) is 36.4 Å². The van der Waals surface area contributed by atoms with Gasteiger partial charge in [-0.25, -0.2) is 18.4 Å². The molecule has 0 aliphatic heterocycles. The van der Waals surface area contributed by atoms with E-state index in [2.05, 4.69) is 9.47 Å². The first-order valence-electron chi connectivity index (χ1n) is 7.46. The summed E-state index contributed by atoms with van der Waals surface area (Å²) in [6.07, 6.45) is -10.1. The van der Waals surface area contributed by atoms with Crippen molar-refractivity contribution >= 4 is 11.9 Å². The van der Waals surface area contributed by atoms with Gasteiger partial charge in [0, 0.05) is 11.8 Å². The predicted octanol–water partition coefficient (Wildman–Crippen LogP) is 4.52. The maximum Gasteiger partial charge on any atom is 0.419 e. The van der Waals surface area contributed by atoms with Crippen molar-refractivity contribution in [3.05, 3.63) is 59.2 Å². The van der Waals surface area contributed by atoms with Crippen molar-refractivity contribution in [2.75, 3.05) is 0 Å². The van der Waals surface area contributed by atoms with Crippen molar-refractivity contribution in [3.63, 3.8) is 0 Å². The lowest BCUT2D eigenvalue weighted by atomic mass is 10.2. The van der Waals surface area contributed by atoms with Gasteiger partial charge in [0.05, 0.1) is 11.1 Å². The number of hydrogen-bond donors (Lipinski definition) is 0. The molecule has 0 unspecified atom stereocenters. The minimum Gasteiger partial charge on any atom is -0.417 e. The summed E-state index contributed by atoms with van der Waals surface area (Å²) in [7, 11) is 0. The van der Waals surface area contributed by atoms with Crippen LogP contribution < -0.4 is 9.47 Å². The molecule has 0 atom stereocenters. The molecule has 0 aromatic heterocycles. The second-order valence-electron chi connectivity index (χ2n) is 5.31. The van der Waals surface area contributed by atoms with Crippen LogP contribution in [0.4, 0.5) is 35.1 Å². The van der Waals surface area contributed by atoms with Gasteiger partial charge in [0.1, 0.15) is 23.1 Å². The lowest BCUT2D eigenvalue weighted by Gasteiger charge is -2.09. The van der Waals surface area contributed by atoms with Crippen LogP contribution in [0.2, 0.25) is 0 Å². The van der Waals surface area contributed by atoms with Gasteiger partial charge in [0.25, 0.3) is 0 Å². The maximum atomic E-state index is 13.1. The number of benzene rings is 2. The first kappa shape index (κ1) is 22.7. The molecule has 0 bridgehead atoms. The summed E-state index contributed by atoms with van der Waals surface area (Å²) in [6.45, 7) is 0. The van der Waals surface area contributed by atoms with Crippen molar-refractivity contribution in [1.29, 1.82) is 0 Å². The van der Waals surface area contributed by atoms with Crippen molar-refractivity contribution in [3.8, 4) is 23.3 Å². The van der Waals surface area contributed by atoms with E-state index in [1.54, 1.807) is 0 Å². The standard InChI is InChI=1S/C18H6F8O4/c19-13-3-1-9(7-11(13)17(21,22)23)29-15(27)5-6-16(28)30-10-2-4-14(20)12(8-10)18(24,25)26/h1-4,7-8H. The maximum absolute atomic E-state index is 13.1. The molecule has 0 amide bonds. The van der Waals surface area contributed by atoms with Crippen molar-refractivity contribution < 1.29 is 54.2 Å². The van der Waals surface area contributed by atoms with Crippen molar-refractivity contribution in [2.45, 2.75) is 12.4 Å². The minimum atomic E-state index is -5.06. The Hall–Kier alpha value is -3.62. The summed E-state index contributed by atoms with van der Waals surface area (Å²) >= 11 is 0. The first-order valence-corrected chi connectivity index (χ1v) is 7.46. The molecule has 12 heteroatoms. The molecule has 30 heavy (non-hydrogen) atoms. The topological polar surface area (TPSA) is 52.6 Å². The van der Waals surface area contributed by atoms with Gasteiger partial charge in [-0.2, -0.15) is 26.3 Å². The predicted molar refractivity (Wildman–Crippen MR) is 81.9 cm³/mol. The molecule has 0 spiro atoms. The zero-order chi connectivity index (χ0) is 22.7. The Bertz CT molecular complexity index is 963. The van der Waals surface area contributed by atoms with Gasteiger partial charge in [-0.1, -0.05) is 0 Å². The molecule has 158 valence electrons. The third-order valence-corrected chi connectivity index (χ3v) is 3.17. The van der Waals surface area contributed by atoms with E-state index in [1.165, 1.54) is 11.8 Å². The molecular formula is C18H6F8O4. The average Bonchev–Trinajstić information content (AvgIpc) is 2.61. The van der Waals surface area contributed by atoms with Crippen LogP contribution in [0, 0.1) is 23.5 Å². The number of alkyl halides is 6. The second-order valence-corrected chi connectivity index (χ2v) is 5.31. The SMILES string of the molecule is O=C(C#CC(=O)Oc1ccc(F)c(C(F)(F)F)c1)Oc1ccc(F)c(C(F)(F)F)c1. The van der Waals surface area contributed by atoms with Gasteiger partial charge in [0.15, 0.2) is 0 Å². The van der Waals surface area contributed by atoms with Crippen LogP contribution in [0.25, 0.3) is 0 Å². The molecule has 0 N–H and O–H groups in total. The number of rotatable bonds is 2. The van der Waals surface area contributed by atoms with Gasteiger partial charge in [-0.3, -0.25) is 0 Å². The molecule has 0 saturated carbocycles. The Balaban J connectivity index is 2.08. The highest BCUT2D eigenvalue weighted by atomic mass is 19.4. The van der Waals surface area contributed by atoms with Gasteiger partial charge < -0.3 is 9.47 Å². The van der Waals surface area contributed by atoms with E-state index in [0.29, 0.717) is 24.3 Å². The van der Waals surface area contributed by atoms with Crippen LogP contribution >= 0.6 is 0 Å². The lowest BCUT2D eigenvalue weighted by Crippen LogP contribution is -2.12. The number of carbonyl (C=O) groups is 2. The Kier molecular flexibility index (Phi) is 6.35. The molecule has 0 saturated heterocycles. The molecule has 0 aliphatic rings. The smallest absolute Gasteiger partial charge is 0.417 e. The van der Waals surface area contributed by atoms with Crippen LogP contribution in [-0.2, 0) is 21.9 Å². The highest BCUT2D eigenvalue weighted by Gasteiger charge is 2.35. The average molecular weight is 438 g/mol. The van der Waals surface area contributed by atoms with Crippen LogP contribution in [0.1, 0.15) is 11.1 Å². The molecular weight excluding hydrogens is 432 g/mol. The third kappa shape index (κ3) is 5.94. The molecule has 2 rings (SSSR count). The highest BCUT2D eigenvalue weighted by Crippen LogP contribution is 2.34. The fourth-order valence-corrected chi connectivity index (χ4v) is 1.94. The molecule has 2 aromatic carbocycles. The second kappa shape index (κ2) is 8.40. The molecule has 0 aliphatic carbocycles. The quantitative estimate of drug-likeness (QED) is 0.228. The van der Waals surface area contributed by atoms with E-state index in [9.17, 15) is 44.7 Å². The zero-order valence-corrected chi connectivity index (χ0v) is 14.1. The lowest BCUT2D eigenvalue weighted by molar-refractivity contribution is -0.141. The Morgan fingerprint density at radius 3 is 1.30 bits per heavy atom. The van der Waals surface area contributed by atoms with Crippen molar-refractivity contribution in [1.82, 2.24) is 0 Å². The van der Waals surface area contributed by atoms with Gasteiger partial charge >= 0.3 is 24.3 Å². The fraction of sp³-hybridized carbons (Fsp3) is 0.111. The number of halogens is 8. The Morgan fingerprint density at radius 1 is 0.667 bits per heavy atom. The van der Waals surface area contributed by atoms with Crippen LogP contribution in [0.5, 0.6) is 11.5 Å². The summed E-state index contributed by atoms with van der Waals surface area (Å²) in [6, 6.07) is 2.54. The van der Waals surface area contributed by atoms with Gasteiger partial charge in [-0.15, -0.1) is 0 Å². The molecule has 4 nitrogen and oxygen atoms in total. The molecule has 0 heterocycles. The summed E-state index contributed by atoms with van der Waals surface area (Å²) in [5.74, 6) is -4.73. The van der Waals surface area contributed by atoms with Crippen molar-refractivity contribution in [2.24, 2.45) is 0 Å². The molecule has 2 aromatic rings. The van der Waals surface area contributed by atoms with E-state index in [-0.39, 0.29) is 12.1 Å². The van der Waals surface area contributed by atoms with E-state index in [1.807, 2.05) is 0 Å².